The van der Waals surface area contributed by atoms with Crippen molar-refractivity contribution in [2.24, 2.45) is 17.3 Å². The summed E-state index contributed by atoms with van der Waals surface area (Å²) >= 11 is 0. The van der Waals surface area contributed by atoms with Crippen molar-refractivity contribution in [1.82, 2.24) is 4.90 Å². The summed E-state index contributed by atoms with van der Waals surface area (Å²) in [6.07, 6.45) is 3.75. The molecule has 5 rings (SSSR count). The molecule has 3 aliphatic heterocycles. The van der Waals surface area contributed by atoms with Gasteiger partial charge >= 0.3 is 0 Å². The van der Waals surface area contributed by atoms with Gasteiger partial charge in [-0.3, -0.25) is 24.5 Å². The van der Waals surface area contributed by atoms with Gasteiger partial charge in [0.05, 0.1) is 28.5 Å². The quantitative estimate of drug-likeness (QED) is 0.405. The number of non-ortho nitro benzene ring substituents is 1. The second kappa shape index (κ2) is 7.10. The summed E-state index contributed by atoms with van der Waals surface area (Å²) in [5, 5.41) is 11.0. The molecule has 2 aromatic carbocycles. The van der Waals surface area contributed by atoms with Crippen LogP contribution in [0.15, 0.2) is 54.7 Å². The molecule has 33 heavy (non-hydrogen) atoms. The maximum absolute atomic E-state index is 13.7. The molecule has 8 nitrogen and oxygen atoms in total. The third-order valence-electron chi connectivity index (χ3n) is 6.79. The first-order valence-corrected chi connectivity index (χ1v) is 10.8. The number of amides is 2. The van der Waals surface area contributed by atoms with Crippen LogP contribution in [0, 0.1) is 27.4 Å². The van der Waals surface area contributed by atoms with Crippen LogP contribution in [-0.2, 0) is 14.4 Å². The van der Waals surface area contributed by atoms with Gasteiger partial charge in [0.15, 0.2) is 5.78 Å². The van der Waals surface area contributed by atoms with Gasteiger partial charge in [-0.1, -0.05) is 45.0 Å². The average Bonchev–Trinajstić information content (AvgIpc) is 3.25. The van der Waals surface area contributed by atoms with Crippen LogP contribution in [-0.4, -0.2) is 33.5 Å². The molecule has 0 saturated carbocycles. The molecule has 0 aromatic heterocycles. The summed E-state index contributed by atoms with van der Waals surface area (Å²) in [6, 6.07) is 11.8. The van der Waals surface area contributed by atoms with Crippen molar-refractivity contribution in [2.45, 2.75) is 32.9 Å². The van der Waals surface area contributed by atoms with E-state index in [1.54, 1.807) is 0 Å². The van der Waals surface area contributed by atoms with Gasteiger partial charge in [-0.2, -0.15) is 0 Å². The molecular formula is C25H23N3O5. The molecule has 0 radical (unpaired) electrons. The smallest absolute Gasteiger partial charge is 0.269 e. The van der Waals surface area contributed by atoms with Crippen molar-refractivity contribution >= 4 is 35.0 Å². The third kappa shape index (κ3) is 3.01. The van der Waals surface area contributed by atoms with Crippen LogP contribution in [0.5, 0.6) is 0 Å². The predicted molar refractivity (Wildman–Crippen MR) is 121 cm³/mol. The summed E-state index contributed by atoms with van der Waals surface area (Å²) in [7, 11) is 0. The van der Waals surface area contributed by atoms with Crippen molar-refractivity contribution in [3.63, 3.8) is 0 Å². The molecule has 0 bridgehead atoms. The lowest BCUT2D eigenvalue weighted by molar-refractivity contribution is -0.384. The number of ketones is 1. The van der Waals surface area contributed by atoms with E-state index in [4.69, 9.17) is 0 Å². The number of carbonyl (C=O) groups is 3. The molecule has 2 saturated heterocycles. The monoisotopic (exact) mass is 445 g/mol. The van der Waals surface area contributed by atoms with Crippen LogP contribution < -0.4 is 4.90 Å². The van der Waals surface area contributed by atoms with Crippen molar-refractivity contribution in [1.29, 1.82) is 0 Å². The highest BCUT2D eigenvalue weighted by molar-refractivity contribution is 6.24. The van der Waals surface area contributed by atoms with Gasteiger partial charge in [-0.05, 0) is 29.3 Å². The second-order valence-corrected chi connectivity index (χ2v) is 9.73. The lowest BCUT2D eigenvalue weighted by Gasteiger charge is -2.37. The van der Waals surface area contributed by atoms with E-state index in [9.17, 15) is 24.5 Å². The number of rotatable bonds is 3. The molecule has 168 valence electrons. The maximum Gasteiger partial charge on any atom is 0.269 e. The Morgan fingerprint density at radius 1 is 0.970 bits per heavy atom. The van der Waals surface area contributed by atoms with Crippen LogP contribution in [0.3, 0.4) is 0 Å². The van der Waals surface area contributed by atoms with E-state index in [0.29, 0.717) is 0 Å². The highest BCUT2D eigenvalue weighted by Gasteiger charge is 2.65. The number of benzene rings is 2. The van der Waals surface area contributed by atoms with Gasteiger partial charge in [-0.15, -0.1) is 0 Å². The SMILES string of the molecule is CC(C)(C)C(=O)C1C2C(=O)N(c3ccc([N+](=O)[O-])cc3)C(=O)C2C2c3ccccc3C=CN12. The van der Waals surface area contributed by atoms with E-state index >= 15 is 0 Å². The van der Waals surface area contributed by atoms with E-state index in [0.717, 1.165) is 16.0 Å². The summed E-state index contributed by atoms with van der Waals surface area (Å²) in [6.45, 7) is 5.44. The summed E-state index contributed by atoms with van der Waals surface area (Å²) in [5.74, 6) is -2.49. The number of carbonyl (C=O) groups excluding carboxylic acids is 3. The van der Waals surface area contributed by atoms with Crippen LogP contribution in [0.4, 0.5) is 11.4 Å². The van der Waals surface area contributed by atoms with E-state index in [-0.39, 0.29) is 23.1 Å². The minimum atomic E-state index is -0.833. The average molecular weight is 445 g/mol. The highest BCUT2D eigenvalue weighted by atomic mass is 16.6. The normalized spacial score (nSPS) is 25.7. The number of nitro groups is 1. The number of Topliss-reactive ketones (excluding diaryl/α,β-unsaturated/α-hetero) is 1. The fourth-order valence-corrected chi connectivity index (χ4v) is 5.28. The molecule has 4 unspecified atom stereocenters. The van der Waals surface area contributed by atoms with Gasteiger partial charge in [-0.25, -0.2) is 4.90 Å². The van der Waals surface area contributed by atoms with Gasteiger partial charge in [0.2, 0.25) is 11.8 Å². The number of nitrogens with zero attached hydrogens (tertiary/aromatic N) is 3. The first-order valence-electron chi connectivity index (χ1n) is 10.8. The maximum atomic E-state index is 13.7. The minimum absolute atomic E-state index is 0.101. The van der Waals surface area contributed by atoms with Crippen LogP contribution >= 0.6 is 0 Å². The van der Waals surface area contributed by atoms with E-state index in [1.807, 2.05) is 62.2 Å². The van der Waals surface area contributed by atoms with Gasteiger partial charge < -0.3 is 4.90 Å². The molecule has 8 heteroatoms. The predicted octanol–water partition coefficient (Wildman–Crippen LogP) is 3.73. The van der Waals surface area contributed by atoms with Crippen LogP contribution in [0.2, 0.25) is 0 Å². The van der Waals surface area contributed by atoms with E-state index in [1.165, 1.54) is 24.3 Å². The molecule has 4 atom stereocenters. The topological polar surface area (TPSA) is 101 Å². The summed E-state index contributed by atoms with van der Waals surface area (Å²) in [5.41, 5.74) is 1.30. The fraction of sp³-hybridized carbons (Fsp3) is 0.320. The zero-order valence-electron chi connectivity index (χ0n) is 18.5. The van der Waals surface area contributed by atoms with E-state index < -0.39 is 40.2 Å². The Hall–Kier alpha value is -3.81. The Balaban J connectivity index is 1.63. The number of hydrogen-bond acceptors (Lipinski definition) is 6. The minimum Gasteiger partial charge on any atom is -0.359 e. The second-order valence-electron chi connectivity index (χ2n) is 9.73. The third-order valence-corrected chi connectivity index (χ3v) is 6.79. The number of nitro benzene ring substituents is 1. The Bertz CT molecular complexity index is 1230. The molecule has 0 N–H and O–H groups in total. The lowest BCUT2D eigenvalue weighted by Crippen LogP contribution is -2.47. The number of hydrogen-bond donors (Lipinski definition) is 0. The van der Waals surface area contributed by atoms with Crippen LogP contribution in [0.25, 0.3) is 6.08 Å². The zero-order valence-corrected chi connectivity index (χ0v) is 18.5. The number of anilines is 1. The largest absolute Gasteiger partial charge is 0.359 e. The molecule has 0 aliphatic carbocycles. The van der Waals surface area contributed by atoms with Gasteiger partial charge in [0, 0.05) is 23.7 Å². The molecule has 0 spiro atoms. The van der Waals surface area contributed by atoms with Crippen LogP contribution in [0.1, 0.15) is 37.9 Å². The van der Waals surface area contributed by atoms with Crippen molar-refractivity contribution in [3.05, 3.63) is 76.0 Å². The standard InChI is InChI=1S/C25H23N3O5/c1-25(2,3)22(29)21-19-18(20-17-7-5-4-6-14(17)12-13-26(20)21)23(30)27(24(19)31)15-8-10-16(11-9-15)28(32)33/h4-13,18-21H,1-3H3. The van der Waals surface area contributed by atoms with Crippen molar-refractivity contribution < 1.29 is 19.3 Å². The highest BCUT2D eigenvalue weighted by Crippen LogP contribution is 2.54. The van der Waals surface area contributed by atoms with Gasteiger partial charge in [0.1, 0.15) is 6.04 Å². The van der Waals surface area contributed by atoms with Gasteiger partial charge in [0.25, 0.3) is 5.69 Å². The Labute approximate surface area is 190 Å². The molecular weight excluding hydrogens is 422 g/mol. The molecule has 2 aromatic rings. The molecule has 2 fully saturated rings. The Morgan fingerprint density at radius 2 is 1.61 bits per heavy atom. The molecule has 3 heterocycles. The number of fused-ring (bicyclic) bond motifs is 5. The number of imide groups is 1. The first-order chi connectivity index (χ1) is 15.6. The molecule has 2 amide bonds. The van der Waals surface area contributed by atoms with E-state index in [2.05, 4.69) is 0 Å². The lowest BCUT2D eigenvalue weighted by atomic mass is 9.79. The summed E-state index contributed by atoms with van der Waals surface area (Å²) < 4.78 is 0. The van der Waals surface area contributed by atoms with Crippen molar-refractivity contribution in [3.8, 4) is 0 Å². The fourth-order valence-electron chi connectivity index (χ4n) is 5.28. The van der Waals surface area contributed by atoms with Crippen molar-refractivity contribution in [2.75, 3.05) is 4.90 Å². The molecule has 3 aliphatic rings. The summed E-state index contributed by atoms with van der Waals surface area (Å²) in [4.78, 5) is 54.4. The zero-order chi connectivity index (χ0) is 23.7. The first kappa shape index (κ1) is 21.1. The Kier molecular flexibility index (Phi) is 4.53. The Morgan fingerprint density at radius 3 is 2.24 bits per heavy atom.